The van der Waals surface area contributed by atoms with Gasteiger partial charge in [-0.3, -0.25) is 4.79 Å². The lowest BCUT2D eigenvalue weighted by atomic mass is 9.94. The van der Waals surface area contributed by atoms with Crippen molar-refractivity contribution in [1.82, 2.24) is 15.1 Å². The fourth-order valence-electron chi connectivity index (χ4n) is 4.17. The third-order valence-electron chi connectivity index (χ3n) is 5.71. The average Bonchev–Trinajstić information content (AvgIpc) is 3.24. The Morgan fingerprint density at radius 2 is 1.97 bits per heavy atom. The molecule has 0 spiro atoms. The van der Waals surface area contributed by atoms with E-state index in [9.17, 15) is 13.2 Å². The number of benzene rings is 1. The summed E-state index contributed by atoms with van der Waals surface area (Å²) in [6, 6.07) is 10.2. The van der Waals surface area contributed by atoms with Crippen LogP contribution in [0.2, 0.25) is 0 Å². The van der Waals surface area contributed by atoms with Gasteiger partial charge in [0.25, 0.3) is 0 Å². The molecular formula is C23H34N4O3S. The number of sulfone groups is 1. The fourth-order valence-corrected chi connectivity index (χ4v) is 5.86. The molecule has 1 aliphatic rings. The average molecular weight is 447 g/mol. The molecule has 1 aromatic heterocycles. The number of carbonyl (C=O) groups is 1. The van der Waals surface area contributed by atoms with E-state index in [1.165, 1.54) is 11.1 Å². The molecule has 2 aromatic rings. The van der Waals surface area contributed by atoms with Gasteiger partial charge in [0.05, 0.1) is 29.8 Å². The predicted molar refractivity (Wildman–Crippen MR) is 124 cm³/mol. The van der Waals surface area contributed by atoms with Crippen LogP contribution in [0.4, 0.5) is 5.82 Å². The summed E-state index contributed by atoms with van der Waals surface area (Å²) in [5.41, 5.74) is 3.24. The summed E-state index contributed by atoms with van der Waals surface area (Å²) in [5.74, 6) is 0.935. The fraction of sp³-hybridized carbons (Fsp3) is 0.565. The van der Waals surface area contributed by atoms with Gasteiger partial charge in [-0.2, -0.15) is 5.10 Å². The first-order valence-corrected chi connectivity index (χ1v) is 12.9. The summed E-state index contributed by atoms with van der Waals surface area (Å²) in [5, 5.41) is 10.7. The lowest BCUT2D eigenvalue weighted by Gasteiger charge is -2.23. The van der Waals surface area contributed by atoms with E-state index >= 15 is 0 Å². The second kappa shape index (κ2) is 9.96. The first kappa shape index (κ1) is 23.5. The second-order valence-corrected chi connectivity index (χ2v) is 11.0. The van der Waals surface area contributed by atoms with Crippen LogP contribution in [-0.2, 0) is 21.1 Å². The molecule has 8 heteroatoms. The van der Waals surface area contributed by atoms with Crippen LogP contribution in [0, 0.1) is 12.8 Å². The Hall–Kier alpha value is -2.19. The van der Waals surface area contributed by atoms with E-state index in [1.54, 1.807) is 10.7 Å². The van der Waals surface area contributed by atoms with Crippen molar-refractivity contribution < 1.29 is 13.2 Å². The SMILES string of the molecule is CCCc1ccc(C(NCC(=O)Nc2cc(C)nn2C2CCS(=O)(=O)C2)C(C)C)cc1. The molecule has 3 rings (SSSR count). The van der Waals surface area contributed by atoms with Gasteiger partial charge in [0, 0.05) is 12.1 Å². The number of rotatable bonds is 9. The van der Waals surface area contributed by atoms with Crippen molar-refractivity contribution in [2.24, 2.45) is 5.92 Å². The number of anilines is 1. The third kappa shape index (κ3) is 6.17. The van der Waals surface area contributed by atoms with Gasteiger partial charge in [-0.15, -0.1) is 0 Å². The maximum atomic E-state index is 12.7. The summed E-state index contributed by atoms with van der Waals surface area (Å²) in [7, 11) is -3.03. The van der Waals surface area contributed by atoms with E-state index in [2.05, 4.69) is 60.8 Å². The molecule has 0 radical (unpaired) electrons. The van der Waals surface area contributed by atoms with Crippen molar-refractivity contribution in [2.45, 2.75) is 59.0 Å². The van der Waals surface area contributed by atoms with Crippen molar-refractivity contribution in [2.75, 3.05) is 23.4 Å². The minimum Gasteiger partial charge on any atom is -0.310 e. The number of hydrogen-bond acceptors (Lipinski definition) is 5. The molecule has 0 saturated carbocycles. The van der Waals surface area contributed by atoms with E-state index in [0.29, 0.717) is 18.2 Å². The van der Waals surface area contributed by atoms with E-state index in [0.717, 1.165) is 18.5 Å². The van der Waals surface area contributed by atoms with Crippen LogP contribution in [-0.4, -0.2) is 42.2 Å². The Kier molecular flexibility index (Phi) is 7.54. The minimum absolute atomic E-state index is 0.0630. The minimum atomic E-state index is -3.03. The number of hydrogen-bond donors (Lipinski definition) is 2. The third-order valence-corrected chi connectivity index (χ3v) is 7.46. The zero-order chi connectivity index (χ0) is 22.6. The largest absolute Gasteiger partial charge is 0.310 e. The molecule has 2 atom stereocenters. The number of amides is 1. The molecule has 1 amide bonds. The van der Waals surface area contributed by atoms with Gasteiger partial charge in [-0.05, 0) is 36.8 Å². The Labute approximate surface area is 185 Å². The maximum absolute atomic E-state index is 12.7. The zero-order valence-electron chi connectivity index (χ0n) is 18.9. The van der Waals surface area contributed by atoms with Crippen molar-refractivity contribution >= 4 is 21.6 Å². The summed E-state index contributed by atoms with van der Waals surface area (Å²) in [6.07, 6.45) is 2.71. The summed E-state index contributed by atoms with van der Waals surface area (Å²) < 4.78 is 25.4. The highest BCUT2D eigenvalue weighted by molar-refractivity contribution is 7.91. The Bertz CT molecular complexity index is 996. The number of nitrogens with zero attached hydrogens (tertiary/aromatic N) is 2. The van der Waals surface area contributed by atoms with Gasteiger partial charge < -0.3 is 10.6 Å². The number of aryl methyl sites for hydroxylation is 2. The zero-order valence-corrected chi connectivity index (χ0v) is 19.7. The van der Waals surface area contributed by atoms with Gasteiger partial charge in [-0.1, -0.05) is 51.5 Å². The Morgan fingerprint density at radius 1 is 1.26 bits per heavy atom. The Morgan fingerprint density at radius 3 is 2.55 bits per heavy atom. The van der Waals surface area contributed by atoms with Crippen molar-refractivity contribution in [3.05, 3.63) is 47.2 Å². The van der Waals surface area contributed by atoms with Gasteiger partial charge >= 0.3 is 0 Å². The molecule has 1 saturated heterocycles. The van der Waals surface area contributed by atoms with Crippen LogP contribution < -0.4 is 10.6 Å². The van der Waals surface area contributed by atoms with Gasteiger partial charge in [0.2, 0.25) is 5.91 Å². The Balaban J connectivity index is 1.64. The van der Waals surface area contributed by atoms with Crippen molar-refractivity contribution in [3.63, 3.8) is 0 Å². The lowest BCUT2D eigenvalue weighted by Crippen LogP contribution is -2.34. The van der Waals surface area contributed by atoms with Gasteiger partial charge in [0.15, 0.2) is 9.84 Å². The molecule has 1 aliphatic heterocycles. The van der Waals surface area contributed by atoms with Gasteiger partial charge in [-0.25, -0.2) is 13.1 Å². The van der Waals surface area contributed by atoms with Gasteiger partial charge in [0.1, 0.15) is 5.82 Å². The van der Waals surface area contributed by atoms with E-state index in [1.807, 2.05) is 6.92 Å². The maximum Gasteiger partial charge on any atom is 0.239 e. The normalized spacial score (nSPS) is 18.9. The number of nitrogens with one attached hydrogen (secondary N) is 2. The van der Waals surface area contributed by atoms with E-state index < -0.39 is 9.84 Å². The number of aromatic nitrogens is 2. The van der Waals surface area contributed by atoms with Crippen LogP contribution in [0.15, 0.2) is 30.3 Å². The highest BCUT2D eigenvalue weighted by Crippen LogP contribution is 2.27. The molecule has 1 fully saturated rings. The first-order valence-electron chi connectivity index (χ1n) is 11.1. The molecule has 0 aliphatic carbocycles. The monoisotopic (exact) mass is 446 g/mol. The summed E-state index contributed by atoms with van der Waals surface area (Å²) in [4.78, 5) is 12.7. The highest BCUT2D eigenvalue weighted by atomic mass is 32.2. The summed E-state index contributed by atoms with van der Waals surface area (Å²) >= 11 is 0. The first-order chi connectivity index (χ1) is 14.7. The van der Waals surface area contributed by atoms with Crippen molar-refractivity contribution in [1.29, 1.82) is 0 Å². The van der Waals surface area contributed by atoms with Crippen LogP contribution >= 0.6 is 0 Å². The molecule has 2 unspecified atom stereocenters. The molecule has 1 aromatic carbocycles. The summed E-state index contributed by atoms with van der Waals surface area (Å²) in [6.45, 7) is 8.44. The standard InChI is InChI=1S/C23H34N4O3S/c1-5-6-18-7-9-19(10-8-18)23(16(2)3)24-14-22(28)25-21-13-17(4)26-27(21)20-11-12-31(29,30)15-20/h7-10,13,16,20,23-24H,5-6,11-12,14-15H2,1-4H3,(H,25,28). The highest BCUT2D eigenvalue weighted by Gasteiger charge is 2.31. The molecule has 0 bridgehead atoms. The van der Waals surface area contributed by atoms with Crippen molar-refractivity contribution in [3.8, 4) is 0 Å². The molecule has 2 heterocycles. The smallest absolute Gasteiger partial charge is 0.239 e. The van der Waals surface area contributed by atoms with E-state index in [-0.39, 0.29) is 36.0 Å². The molecule has 2 N–H and O–H groups in total. The molecule has 31 heavy (non-hydrogen) atoms. The van der Waals surface area contributed by atoms with Crippen LogP contribution in [0.5, 0.6) is 0 Å². The lowest BCUT2D eigenvalue weighted by molar-refractivity contribution is -0.115. The quantitative estimate of drug-likeness (QED) is 0.616. The van der Waals surface area contributed by atoms with E-state index in [4.69, 9.17) is 0 Å². The number of carbonyl (C=O) groups excluding carboxylic acids is 1. The predicted octanol–water partition coefficient (Wildman–Crippen LogP) is 3.43. The molecule has 170 valence electrons. The van der Waals surface area contributed by atoms with Crippen LogP contribution in [0.3, 0.4) is 0 Å². The van der Waals surface area contributed by atoms with Crippen LogP contribution in [0.1, 0.15) is 62.5 Å². The second-order valence-electron chi connectivity index (χ2n) is 8.81. The topological polar surface area (TPSA) is 93.1 Å². The van der Waals surface area contributed by atoms with Crippen LogP contribution in [0.25, 0.3) is 0 Å². The molecular weight excluding hydrogens is 412 g/mol. The molecule has 7 nitrogen and oxygen atoms in total.